The second-order valence-electron chi connectivity index (χ2n) is 4.91. The number of pyridine rings is 1. The van der Waals surface area contributed by atoms with Gasteiger partial charge in [0.1, 0.15) is 0 Å². The second kappa shape index (κ2) is 6.69. The highest BCUT2D eigenvalue weighted by Gasteiger charge is 2.28. The molecule has 0 bridgehead atoms. The number of hydrogen-bond donors (Lipinski definition) is 2. The molecule has 0 aromatic carbocycles. The maximum atomic E-state index is 11.8. The van der Waals surface area contributed by atoms with Crippen LogP contribution in [0, 0.1) is 0 Å². The van der Waals surface area contributed by atoms with Gasteiger partial charge in [-0.05, 0) is 24.5 Å². The minimum Gasteiger partial charge on any atom is -0.337 e. The Bertz CT molecular complexity index is 545. The van der Waals surface area contributed by atoms with Gasteiger partial charge >= 0.3 is 6.03 Å². The van der Waals surface area contributed by atoms with Gasteiger partial charge in [-0.25, -0.2) is 13.2 Å². The van der Waals surface area contributed by atoms with E-state index in [-0.39, 0.29) is 18.3 Å². The van der Waals surface area contributed by atoms with E-state index in [0.717, 1.165) is 18.4 Å². The summed E-state index contributed by atoms with van der Waals surface area (Å²) in [5.41, 5.74) is 0.896. The number of urea groups is 1. The van der Waals surface area contributed by atoms with Crippen LogP contribution in [0.1, 0.15) is 24.8 Å². The Morgan fingerprint density at radius 1 is 1.35 bits per heavy atom. The smallest absolute Gasteiger partial charge is 0.315 e. The lowest BCUT2D eigenvalue weighted by Crippen LogP contribution is -2.43. The van der Waals surface area contributed by atoms with Gasteiger partial charge in [0.25, 0.3) is 0 Å². The van der Waals surface area contributed by atoms with Gasteiger partial charge in [-0.2, -0.15) is 0 Å². The Morgan fingerprint density at radius 3 is 2.90 bits per heavy atom. The van der Waals surface area contributed by atoms with Crippen LogP contribution in [0.4, 0.5) is 4.79 Å². The number of hydrogen-bond acceptors (Lipinski definition) is 4. The molecule has 1 saturated heterocycles. The van der Waals surface area contributed by atoms with Crippen molar-refractivity contribution in [2.45, 2.75) is 31.1 Å². The summed E-state index contributed by atoms with van der Waals surface area (Å²) in [6, 6.07) is 3.30. The number of amides is 2. The third-order valence-electron chi connectivity index (χ3n) is 3.38. The molecule has 1 aromatic rings. The van der Waals surface area contributed by atoms with Gasteiger partial charge < -0.3 is 10.6 Å². The molecule has 0 radical (unpaired) electrons. The SMILES string of the molecule is O=C(NCc1cccnc1)NCC1CCCCS1(=O)=O. The number of rotatable bonds is 4. The molecule has 2 heterocycles. The first-order valence-corrected chi connectivity index (χ1v) is 8.41. The molecule has 110 valence electrons. The zero-order valence-electron chi connectivity index (χ0n) is 11.2. The molecule has 2 N–H and O–H groups in total. The van der Waals surface area contributed by atoms with Gasteiger partial charge in [-0.15, -0.1) is 0 Å². The fraction of sp³-hybridized carbons (Fsp3) is 0.538. The molecule has 1 unspecified atom stereocenters. The van der Waals surface area contributed by atoms with Crippen LogP contribution in [0.3, 0.4) is 0 Å². The first kappa shape index (κ1) is 14.8. The lowest BCUT2D eigenvalue weighted by Gasteiger charge is -2.22. The second-order valence-corrected chi connectivity index (χ2v) is 7.31. The highest BCUT2D eigenvalue weighted by atomic mass is 32.2. The Balaban J connectivity index is 1.75. The van der Waals surface area contributed by atoms with E-state index in [9.17, 15) is 13.2 Å². The molecular formula is C13H19N3O3S. The van der Waals surface area contributed by atoms with Crippen LogP contribution in [0.25, 0.3) is 0 Å². The third-order valence-corrected chi connectivity index (χ3v) is 5.65. The van der Waals surface area contributed by atoms with E-state index in [2.05, 4.69) is 15.6 Å². The predicted octanol–water partition coefficient (Wildman–Crippen LogP) is 0.848. The zero-order chi connectivity index (χ0) is 14.4. The molecule has 1 aromatic heterocycles. The largest absolute Gasteiger partial charge is 0.337 e. The quantitative estimate of drug-likeness (QED) is 0.862. The van der Waals surface area contributed by atoms with E-state index in [0.29, 0.717) is 13.0 Å². The van der Waals surface area contributed by atoms with Crippen molar-refractivity contribution in [2.24, 2.45) is 0 Å². The van der Waals surface area contributed by atoms with Crippen molar-refractivity contribution in [3.8, 4) is 0 Å². The van der Waals surface area contributed by atoms with Gasteiger partial charge in [0.2, 0.25) is 0 Å². The van der Waals surface area contributed by atoms with Crippen LogP contribution in [-0.4, -0.2) is 37.0 Å². The third kappa shape index (κ3) is 4.19. The first-order chi connectivity index (χ1) is 9.58. The molecule has 1 aliphatic heterocycles. The van der Waals surface area contributed by atoms with Crippen molar-refractivity contribution in [1.82, 2.24) is 15.6 Å². The molecule has 0 spiro atoms. The Labute approximate surface area is 118 Å². The number of nitrogens with one attached hydrogen (secondary N) is 2. The molecule has 20 heavy (non-hydrogen) atoms. The molecular weight excluding hydrogens is 278 g/mol. The fourth-order valence-corrected chi connectivity index (χ4v) is 4.01. The van der Waals surface area contributed by atoms with E-state index in [1.54, 1.807) is 18.5 Å². The van der Waals surface area contributed by atoms with E-state index >= 15 is 0 Å². The average molecular weight is 297 g/mol. The predicted molar refractivity (Wildman–Crippen MR) is 75.9 cm³/mol. The van der Waals surface area contributed by atoms with Crippen molar-refractivity contribution >= 4 is 15.9 Å². The summed E-state index contributed by atoms with van der Waals surface area (Å²) >= 11 is 0. The van der Waals surface area contributed by atoms with Gasteiger partial charge in [-0.3, -0.25) is 4.98 Å². The summed E-state index contributed by atoms with van der Waals surface area (Å²) in [6.45, 7) is 0.554. The van der Waals surface area contributed by atoms with E-state index < -0.39 is 15.1 Å². The van der Waals surface area contributed by atoms with Crippen molar-refractivity contribution < 1.29 is 13.2 Å². The zero-order valence-corrected chi connectivity index (χ0v) is 12.0. The number of aromatic nitrogens is 1. The summed E-state index contributed by atoms with van der Waals surface area (Å²) in [7, 11) is -3.04. The highest BCUT2D eigenvalue weighted by molar-refractivity contribution is 7.92. The molecule has 1 atom stereocenters. The molecule has 7 heteroatoms. The Morgan fingerprint density at radius 2 is 2.20 bits per heavy atom. The van der Waals surface area contributed by atoms with Gasteiger partial charge in [0.05, 0.1) is 11.0 Å². The molecule has 1 aliphatic rings. The van der Waals surface area contributed by atoms with Crippen LogP contribution in [-0.2, 0) is 16.4 Å². The summed E-state index contributed by atoms with van der Waals surface area (Å²) in [5, 5.41) is 4.87. The molecule has 6 nitrogen and oxygen atoms in total. The summed E-state index contributed by atoms with van der Waals surface area (Å²) < 4.78 is 23.6. The van der Waals surface area contributed by atoms with Gasteiger partial charge in [0.15, 0.2) is 9.84 Å². The number of carbonyl (C=O) groups excluding carboxylic acids is 1. The van der Waals surface area contributed by atoms with Crippen molar-refractivity contribution in [1.29, 1.82) is 0 Å². The molecule has 2 rings (SSSR count). The van der Waals surface area contributed by atoms with Crippen molar-refractivity contribution in [3.63, 3.8) is 0 Å². The average Bonchev–Trinajstić information content (AvgIpc) is 2.44. The standard InChI is InChI=1S/C13H19N3O3S/c17-13(15-9-11-4-3-6-14-8-11)16-10-12-5-1-2-7-20(12,18)19/h3-4,6,8,12H,1-2,5,7,9-10H2,(H2,15,16,17). The van der Waals surface area contributed by atoms with Crippen LogP contribution in [0.2, 0.25) is 0 Å². The summed E-state index contributed by atoms with van der Waals surface area (Å²) in [6.07, 6.45) is 5.60. The monoisotopic (exact) mass is 297 g/mol. The number of nitrogens with zero attached hydrogens (tertiary/aromatic N) is 1. The van der Waals surface area contributed by atoms with Gasteiger partial charge in [0, 0.05) is 25.5 Å². The van der Waals surface area contributed by atoms with Crippen molar-refractivity contribution in [3.05, 3.63) is 30.1 Å². The number of carbonyl (C=O) groups is 1. The topological polar surface area (TPSA) is 88.2 Å². The van der Waals surface area contributed by atoms with Crippen LogP contribution in [0.5, 0.6) is 0 Å². The summed E-state index contributed by atoms with van der Waals surface area (Å²) in [4.78, 5) is 15.6. The maximum absolute atomic E-state index is 11.8. The highest BCUT2D eigenvalue weighted by Crippen LogP contribution is 2.18. The van der Waals surface area contributed by atoms with E-state index in [1.807, 2.05) is 6.07 Å². The molecule has 0 aliphatic carbocycles. The molecule has 2 amide bonds. The normalized spacial score (nSPS) is 21.1. The van der Waals surface area contributed by atoms with Crippen LogP contribution in [0.15, 0.2) is 24.5 Å². The lowest BCUT2D eigenvalue weighted by molar-refractivity contribution is 0.240. The fourth-order valence-electron chi connectivity index (χ4n) is 2.20. The molecule has 1 fully saturated rings. The van der Waals surface area contributed by atoms with Crippen LogP contribution >= 0.6 is 0 Å². The minimum atomic E-state index is -3.04. The molecule has 0 saturated carbocycles. The minimum absolute atomic E-state index is 0.182. The van der Waals surface area contributed by atoms with E-state index in [1.165, 1.54) is 0 Å². The first-order valence-electron chi connectivity index (χ1n) is 6.70. The number of sulfone groups is 1. The maximum Gasteiger partial charge on any atom is 0.315 e. The Kier molecular flexibility index (Phi) is 4.94. The van der Waals surface area contributed by atoms with E-state index in [4.69, 9.17) is 0 Å². The lowest BCUT2D eigenvalue weighted by atomic mass is 10.2. The summed E-state index contributed by atoms with van der Waals surface area (Å²) in [5.74, 6) is 0.233. The van der Waals surface area contributed by atoms with Crippen molar-refractivity contribution in [2.75, 3.05) is 12.3 Å². The van der Waals surface area contributed by atoms with Crippen LogP contribution < -0.4 is 10.6 Å². The van der Waals surface area contributed by atoms with Gasteiger partial charge in [-0.1, -0.05) is 12.5 Å². The Hall–Kier alpha value is -1.63.